The van der Waals surface area contributed by atoms with E-state index in [4.69, 9.17) is 16.2 Å². The third-order valence-electron chi connectivity index (χ3n) is 3.30. The molecule has 1 fully saturated rings. The normalized spacial score (nSPS) is 19.1. The zero-order valence-electron chi connectivity index (χ0n) is 11.9. The number of hydrogen-bond acceptors (Lipinski definition) is 6. The monoisotopic (exact) mass is 279 g/mol. The van der Waals surface area contributed by atoms with Crippen molar-refractivity contribution < 1.29 is 9.53 Å². The molecule has 1 unspecified atom stereocenters. The van der Waals surface area contributed by atoms with Gasteiger partial charge in [0.05, 0.1) is 12.0 Å². The quantitative estimate of drug-likeness (QED) is 0.833. The summed E-state index contributed by atoms with van der Waals surface area (Å²) < 4.78 is 5.56. The second-order valence-corrected chi connectivity index (χ2v) is 5.27. The predicted octanol–water partition coefficient (Wildman–Crippen LogP) is 0.548. The smallest absolute Gasteiger partial charge is 0.242 e. The number of nitrogens with zero attached hydrogens (tertiary/aromatic N) is 3. The number of piperidine rings is 1. The van der Waals surface area contributed by atoms with Crippen LogP contribution in [0.25, 0.3) is 0 Å². The van der Waals surface area contributed by atoms with Crippen LogP contribution in [-0.2, 0) is 4.79 Å². The van der Waals surface area contributed by atoms with Crippen LogP contribution in [0, 0.1) is 5.92 Å². The standard InChI is InChI=1S/C13H21N5O2/c1-8(2)20-13-10(14)12(16-7-17-13)18-5-3-4-9(6-18)11(15)19/h7-9H,3-6,14H2,1-2H3,(H2,15,19). The van der Waals surface area contributed by atoms with Gasteiger partial charge in [0, 0.05) is 13.1 Å². The molecule has 1 saturated heterocycles. The highest BCUT2D eigenvalue weighted by atomic mass is 16.5. The topological polar surface area (TPSA) is 107 Å². The van der Waals surface area contributed by atoms with Crippen molar-refractivity contribution in [2.24, 2.45) is 11.7 Å². The van der Waals surface area contributed by atoms with Gasteiger partial charge in [-0.1, -0.05) is 0 Å². The summed E-state index contributed by atoms with van der Waals surface area (Å²) in [4.78, 5) is 21.6. The van der Waals surface area contributed by atoms with Crippen LogP contribution in [0.3, 0.4) is 0 Å². The number of rotatable bonds is 4. The molecule has 7 nitrogen and oxygen atoms in total. The molecule has 1 aliphatic heterocycles. The molecule has 7 heteroatoms. The van der Waals surface area contributed by atoms with E-state index in [1.165, 1.54) is 6.33 Å². The fourth-order valence-corrected chi connectivity index (χ4v) is 2.34. The number of nitrogens with two attached hydrogens (primary N) is 2. The minimum atomic E-state index is -0.277. The molecule has 0 aliphatic carbocycles. The lowest BCUT2D eigenvalue weighted by Gasteiger charge is -2.32. The minimum absolute atomic E-state index is 0.0141. The van der Waals surface area contributed by atoms with Crippen molar-refractivity contribution in [2.75, 3.05) is 23.7 Å². The van der Waals surface area contributed by atoms with Crippen molar-refractivity contribution in [1.82, 2.24) is 9.97 Å². The molecule has 2 rings (SSSR count). The molecule has 0 radical (unpaired) electrons. The maximum Gasteiger partial charge on any atom is 0.242 e. The van der Waals surface area contributed by atoms with Crippen LogP contribution in [0.15, 0.2) is 6.33 Å². The molecule has 0 saturated carbocycles. The predicted molar refractivity (Wildman–Crippen MR) is 76.3 cm³/mol. The van der Waals surface area contributed by atoms with Gasteiger partial charge in [0.25, 0.3) is 0 Å². The van der Waals surface area contributed by atoms with Gasteiger partial charge >= 0.3 is 0 Å². The highest BCUT2D eigenvalue weighted by molar-refractivity contribution is 5.78. The molecule has 0 bridgehead atoms. The van der Waals surface area contributed by atoms with E-state index < -0.39 is 0 Å². The first-order chi connectivity index (χ1) is 9.49. The fourth-order valence-electron chi connectivity index (χ4n) is 2.34. The molecule has 20 heavy (non-hydrogen) atoms. The lowest BCUT2D eigenvalue weighted by Crippen LogP contribution is -2.41. The molecule has 0 spiro atoms. The van der Waals surface area contributed by atoms with Crippen molar-refractivity contribution >= 4 is 17.4 Å². The van der Waals surface area contributed by atoms with Crippen molar-refractivity contribution in [3.63, 3.8) is 0 Å². The molecule has 1 aromatic rings. The van der Waals surface area contributed by atoms with Gasteiger partial charge in [0.15, 0.2) is 5.82 Å². The summed E-state index contributed by atoms with van der Waals surface area (Å²) in [6.45, 7) is 5.15. The Balaban J connectivity index is 2.21. The molecule has 1 atom stereocenters. The Morgan fingerprint density at radius 1 is 1.50 bits per heavy atom. The first kappa shape index (κ1) is 14.4. The lowest BCUT2D eigenvalue weighted by atomic mass is 9.97. The van der Waals surface area contributed by atoms with E-state index in [1.54, 1.807) is 0 Å². The molecule has 110 valence electrons. The van der Waals surface area contributed by atoms with Gasteiger partial charge in [0.1, 0.15) is 12.0 Å². The Kier molecular flexibility index (Phi) is 4.26. The first-order valence-corrected chi connectivity index (χ1v) is 6.80. The van der Waals surface area contributed by atoms with E-state index in [0.29, 0.717) is 23.9 Å². The highest BCUT2D eigenvalue weighted by Gasteiger charge is 2.26. The van der Waals surface area contributed by atoms with Gasteiger partial charge in [-0.3, -0.25) is 4.79 Å². The van der Waals surface area contributed by atoms with Crippen LogP contribution in [0.5, 0.6) is 5.88 Å². The Hall–Kier alpha value is -2.05. The molecule has 0 aromatic carbocycles. The number of carbonyl (C=O) groups excluding carboxylic acids is 1. The van der Waals surface area contributed by atoms with Crippen LogP contribution < -0.4 is 21.1 Å². The Morgan fingerprint density at radius 3 is 2.90 bits per heavy atom. The summed E-state index contributed by atoms with van der Waals surface area (Å²) in [6, 6.07) is 0. The van der Waals surface area contributed by atoms with Gasteiger partial charge in [-0.25, -0.2) is 4.98 Å². The number of aromatic nitrogens is 2. The summed E-state index contributed by atoms with van der Waals surface area (Å²) in [6.07, 6.45) is 3.11. The highest BCUT2D eigenvalue weighted by Crippen LogP contribution is 2.31. The van der Waals surface area contributed by atoms with Crippen LogP contribution >= 0.6 is 0 Å². The maximum atomic E-state index is 11.3. The third-order valence-corrected chi connectivity index (χ3v) is 3.30. The molecular formula is C13H21N5O2. The number of hydrogen-bond donors (Lipinski definition) is 2. The molecule has 4 N–H and O–H groups in total. The minimum Gasteiger partial charge on any atom is -0.473 e. The number of primary amides is 1. The second kappa shape index (κ2) is 5.94. The summed E-state index contributed by atoms with van der Waals surface area (Å²) in [5.74, 6) is 0.557. The molecular weight excluding hydrogens is 258 g/mol. The van der Waals surface area contributed by atoms with Gasteiger partial charge in [0.2, 0.25) is 11.8 Å². The average Bonchev–Trinajstić information content (AvgIpc) is 2.41. The van der Waals surface area contributed by atoms with E-state index in [1.807, 2.05) is 18.7 Å². The zero-order valence-corrected chi connectivity index (χ0v) is 11.9. The zero-order chi connectivity index (χ0) is 14.7. The van der Waals surface area contributed by atoms with Crippen LogP contribution in [-0.4, -0.2) is 35.1 Å². The Morgan fingerprint density at radius 2 is 2.25 bits per heavy atom. The summed E-state index contributed by atoms with van der Waals surface area (Å²) >= 11 is 0. The van der Waals surface area contributed by atoms with Crippen molar-refractivity contribution in [3.8, 4) is 5.88 Å². The SMILES string of the molecule is CC(C)Oc1ncnc(N2CCCC(C(N)=O)C2)c1N. The van der Waals surface area contributed by atoms with E-state index in [9.17, 15) is 4.79 Å². The third kappa shape index (κ3) is 3.09. The summed E-state index contributed by atoms with van der Waals surface area (Å²) in [7, 11) is 0. The number of ether oxygens (including phenoxy) is 1. The van der Waals surface area contributed by atoms with E-state index in [-0.39, 0.29) is 17.9 Å². The van der Waals surface area contributed by atoms with Crippen LogP contribution in [0.2, 0.25) is 0 Å². The van der Waals surface area contributed by atoms with Gasteiger partial charge in [-0.15, -0.1) is 0 Å². The van der Waals surface area contributed by atoms with Gasteiger partial charge < -0.3 is 21.1 Å². The molecule has 1 amide bonds. The van der Waals surface area contributed by atoms with E-state index in [0.717, 1.165) is 19.4 Å². The van der Waals surface area contributed by atoms with E-state index >= 15 is 0 Å². The Labute approximate surface area is 118 Å². The number of anilines is 2. The second-order valence-electron chi connectivity index (χ2n) is 5.27. The largest absolute Gasteiger partial charge is 0.473 e. The van der Waals surface area contributed by atoms with E-state index in [2.05, 4.69) is 9.97 Å². The maximum absolute atomic E-state index is 11.3. The summed E-state index contributed by atoms with van der Waals surface area (Å²) in [5.41, 5.74) is 11.9. The van der Waals surface area contributed by atoms with Crippen LogP contribution in [0.4, 0.5) is 11.5 Å². The first-order valence-electron chi connectivity index (χ1n) is 6.80. The fraction of sp³-hybridized carbons (Fsp3) is 0.615. The number of nitrogen functional groups attached to an aromatic ring is 1. The van der Waals surface area contributed by atoms with Crippen molar-refractivity contribution in [2.45, 2.75) is 32.8 Å². The van der Waals surface area contributed by atoms with Crippen LogP contribution in [0.1, 0.15) is 26.7 Å². The van der Waals surface area contributed by atoms with Crippen molar-refractivity contribution in [3.05, 3.63) is 6.33 Å². The molecule has 2 heterocycles. The van der Waals surface area contributed by atoms with Crippen molar-refractivity contribution in [1.29, 1.82) is 0 Å². The van der Waals surface area contributed by atoms with Gasteiger partial charge in [-0.05, 0) is 26.7 Å². The average molecular weight is 279 g/mol. The molecule has 1 aliphatic rings. The number of carbonyl (C=O) groups is 1. The Bertz CT molecular complexity index is 492. The summed E-state index contributed by atoms with van der Waals surface area (Å²) in [5, 5.41) is 0. The lowest BCUT2D eigenvalue weighted by molar-refractivity contribution is -0.122. The molecule has 1 aromatic heterocycles. The van der Waals surface area contributed by atoms with Gasteiger partial charge in [-0.2, -0.15) is 4.98 Å². The number of amides is 1.